The van der Waals surface area contributed by atoms with E-state index in [-0.39, 0.29) is 18.2 Å². The Balaban J connectivity index is 1.96. The number of carboxylic acid groups (broad SMARTS) is 1. The van der Waals surface area contributed by atoms with Gasteiger partial charge >= 0.3 is 5.97 Å². The maximum atomic E-state index is 11.9. The van der Waals surface area contributed by atoms with E-state index in [9.17, 15) is 9.59 Å². The van der Waals surface area contributed by atoms with E-state index < -0.39 is 5.97 Å². The lowest BCUT2D eigenvalue weighted by molar-refractivity contribution is -0.137. The highest BCUT2D eigenvalue weighted by Crippen LogP contribution is 2.25. The number of carbonyl (C=O) groups excluding carboxylic acids is 1. The Morgan fingerprint density at radius 1 is 1.40 bits per heavy atom. The summed E-state index contributed by atoms with van der Waals surface area (Å²) in [6, 6.07) is 7.79. The number of hydrogen-bond donors (Lipinski definition) is 1. The Morgan fingerprint density at radius 2 is 2.10 bits per heavy atom. The molecule has 0 aromatic heterocycles. The molecule has 1 fully saturated rings. The van der Waals surface area contributed by atoms with Crippen molar-refractivity contribution in [3.05, 3.63) is 42.5 Å². The lowest BCUT2D eigenvalue weighted by atomic mass is 10.1. The zero-order chi connectivity index (χ0) is 14.5. The van der Waals surface area contributed by atoms with E-state index >= 15 is 0 Å². The predicted molar refractivity (Wildman–Crippen MR) is 77.7 cm³/mol. The smallest absolute Gasteiger partial charge is 0.303 e. The van der Waals surface area contributed by atoms with Crippen molar-refractivity contribution in [1.29, 1.82) is 0 Å². The van der Waals surface area contributed by atoms with Gasteiger partial charge in [-0.05, 0) is 30.5 Å². The van der Waals surface area contributed by atoms with Gasteiger partial charge in [0.1, 0.15) is 0 Å². The fraction of sp³-hybridized carbons (Fsp3) is 0.375. The van der Waals surface area contributed by atoms with E-state index in [0.29, 0.717) is 19.4 Å². The largest absolute Gasteiger partial charge is 0.481 e. The van der Waals surface area contributed by atoms with Crippen LogP contribution in [0.2, 0.25) is 0 Å². The van der Waals surface area contributed by atoms with Gasteiger partial charge in [-0.15, -0.1) is 6.58 Å². The summed E-state index contributed by atoms with van der Waals surface area (Å²) in [6.45, 7) is 4.44. The quantitative estimate of drug-likeness (QED) is 0.811. The molecule has 0 aliphatic carbocycles. The van der Waals surface area contributed by atoms with Crippen LogP contribution in [0.3, 0.4) is 0 Å². The molecular weight excluding hydrogens is 254 g/mol. The Bertz CT molecular complexity index is 507. The third-order valence-corrected chi connectivity index (χ3v) is 3.59. The first-order chi connectivity index (χ1) is 9.60. The van der Waals surface area contributed by atoms with E-state index in [1.165, 1.54) is 0 Å². The second-order valence-corrected chi connectivity index (χ2v) is 5.12. The van der Waals surface area contributed by atoms with Crippen LogP contribution in [0.5, 0.6) is 0 Å². The van der Waals surface area contributed by atoms with E-state index in [2.05, 4.69) is 6.58 Å². The lowest BCUT2D eigenvalue weighted by Gasteiger charge is -2.16. The van der Waals surface area contributed by atoms with Crippen LogP contribution in [0.1, 0.15) is 24.8 Å². The van der Waals surface area contributed by atoms with E-state index in [4.69, 9.17) is 5.11 Å². The number of aliphatic carboxylic acids is 1. The minimum absolute atomic E-state index is 0.133. The number of carbonyl (C=O) groups is 2. The molecule has 2 rings (SSSR count). The Hall–Kier alpha value is -2.10. The molecule has 1 saturated heterocycles. The summed E-state index contributed by atoms with van der Waals surface area (Å²) < 4.78 is 0. The van der Waals surface area contributed by atoms with Crippen molar-refractivity contribution in [2.24, 2.45) is 5.92 Å². The molecule has 4 heteroatoms. The van der Waals surface area contributed by atoms with Crippen LogP contribution in [0, 0.1) is 5.92 Å². The summed E-state index contributed by atoms with van der Waals surface area (Å²) in [5.41, 5.74) is 2.00. The molecule has 1 heterocycles. The van der Waals surface area contributed by atoms with Crippen LogP contribution < -0.4 is 4.90 Å². The molecule has 1 atom stereocenters. The molecule has 0 radical (unpaired) electrons. The SMILES string of the molecule is C=CC1CC(=O)N(c2ccc(CCCC(=O)O)cc2)C1. The van der Waals surface area contributed by atoms with E-state index in [1.807, 2.05) is 30.3 Å². The maximum absolute atomic E-state index is 11.9. The molecule has 1 N–H and O–H groups in total. The van der Waals surface area contributed by atoms with Crippen molar-refractivity contribution in [3.8, 4) is 0 Å². The molecule has 4 nitrogen and oxygen atoms in total. The average Bonchev–Trinajstić information content (AvgIpc) is 2.80. The van der Waals surface area contributed by atoms with Crippen molar-refractivity contribution in [1.82, 2.24) is 0 Å². The van der Waals surface area contributed by atoms with Gasteiger partial charge in [-0.25, -0.2) is 0 Å². The molecule has 0 bridgehead atoms. The second-order valence-electron chi connectivity index (χ2n) is 5.12. The molecule has 1 aliphatic heterocycles. The van der Waals surface area contributed by atoms with Gasteiger partial charge in [-0.1, -0.05) is 18.2 Å². The number of anilines is 1. The Morgan fingerprint density at radius 3 is 2.65 bits per heavy atom. The summed E-state index contributed by atoms with van der Waals surface area (Å²) in [4.78, 5) is 24.1. The summed E-state index contributed by atoms with van der Waals surface area (Å²) >= 11 is 0. The zero-order valence-corrected chi connectivity index (χ0v) is 11.4. The third kappa shape index (κ3) is 3.47. The van der Waals surface area contributed by atoms with Gasteiger partial charge in [0.25, 0.3) is 0 Å². The molecule has 1 aliphatic rings. The van der Waals surface area contributed by atoms with Gasteiger partial charge in [-0.3, -0.25) is 9.59 Å². The van der Waals surface area contributed by atoms with Crippen LogP contribution in [0.4, 0.5) is 5.69 Å². The van der Waals surface area contributed by atoms with Crippen molar-refractivity contribution in [3.63, 3.8) is 0 Å². The van der Waals surface area contributed by atoms with Crippen molar-refractivity contribution in [2.45, 2.75) is 25.7 Å². The second kappa shape index (κ2) is 6.37. The van der Waals surface area contributed by atoms with Crippen LogP contribution in [0.25, 0.3) is 0 Å². The van der Waals surface area contributed by atoms with Crippen molar-refractivity contribution < 1.29 is 14.7 Å². The molecule has 1 unspecified atom stereocenters. The lowest BCUT2D eigenvalue weighted by Crippen LogP contribution is -2.24. The summed E-state index contributed by atoms with van der Waals surface area (Å²) in [7, 11) is 0. The molecule has 0 saturated carbocycles. The summed E-state index contributed by atoms with van der Waals surface area (Å²) in [5, 5.41) is 8.60. The molecular formula is C16H19NO3. The van der Waals surface area contributed by atoms with Crippen LogP contribution in [-0.4, -0.2) is 23.5 Å². The first-order valence-electron chi connectivity index (χ1n) is 6.84. The summed E-state index contributed by atoms with van der Waals surface area (Å²) in [6.07, 6.45) is 3.93. The Kier molecular flexibility index (Phi) is 4.56. The molecule has 1 aromatic carbocycles. The fourth-order valence-electron chi connectivity index (χ4n) is 2.43. The maximum Gasteiger partial charge on any atom is 0.303 e. The molecule has 106 valence electrons. The molecule has 1 amide bonds. The molecule has 1 aromatic rings. The highest BCUT2D eigenvalue weighted by atomic mass is 16.4. The van der Waals surface area contributed by atoms with E-state index in [0.717, 1.165) is 17.7 Å². The first-order valence-corrected chi connectivity index (χ1v) is 6.84. The Labute approximate surface area is 118 Å². The monoisotopic (exact) mass is 273 g/mol. The average molecular weight is 273 g/mol. The fourth-order valence-corrected chi connectivity index (χ4v) is 2.43. The van der Waals surface area contributed by atoms with E-state index in [1.54, 1.807) is 4.90 Å². The van der Waals surface area contributed by atoms with Gasteiger partial charge in [0.2, 0.25) is 5.91 Å². The van der Waals surface area contributed by atoms with Crippen LogP contribution in [-0.2, 0) is 16.0 Å². The highest BCUT2D eigenvalue weighted by Gasteiger charge is 2.28. The van der Waals surface area contributed by atoms with Crippen LogP contribution in [0.15, 0.2) is 36.9 Å². The molecule has 20 heavy (non-hydrogen) atoms. The van der Waals surface area contributed by atoms with Gasteiger partial charge < -0.3 is 10.0 Å². The number of carboxylic acids is 1. The standard InChI is InChI=1S/C16H19NO3/c1-2-12-10-15(18)17(11-12)14-8-6-13(7-9-14)4-3-5-16(19)20/h2,6-9,12H,1,3-5,10-11H2,(H,19,20). The van der Waals surface area contributed by atoms with Crippen LogP contribution >= 0.6 is 0 Å². The minimum Gasteiger partial charge on any atom is -0.481 e. The number of aryl methyl sites for hydroxylation is 1. The van der Waals surface area contributed by atoms with Gasteiger partial charge in [0.05, 0.1) is 0 Å². The predicted octanol–water partition coefficient (Wildman–Crippen LogP) is 2.63. The summed E-state index contributed by atoms with van der Waals surface area (Å²) in [5.74, 6) is -0.397. The zero-order valence-electron chi connectivity index (χ0n) is 11.4. The minimum atomic E-state index is -0.764. The first kappa shape index (κ1) is 14.3. The number of rotatable bonds is 6. The van der Waals surface area contributed by atoms with Gasteiger partial charge in [0, 0.05) is 31.0 Å². The number of benzene rings is 1. The number of amides is 1. The highest BCUT2D eigenvalue weighted by molar-refractivity contribution is 5.95. The van der Waals surface area contributed by atoms with Gasteiger partial charge in [0.15, 0.2) is 0 Å². The number of hydrogen-bond acceptors (Lipinski definition) is 2. The number of nitrogens with zero attached hydrogens (tertiary/aromatic N) is 1. The van der Waals surface area contributed by atoms with Crippen molar-refractivity contribution in [2.75, 3.05) is 11.4 Å². The normalized spacial score (nSPS) is 18.3. The van der Waals surface area contributed by atoms with Gasteiger partial charge in [-0.2, -0.15) is 0 Å². The third-order valence-electron chi connectivity index (χ3n) is 3.59. The van der Waals surface area contributed by atoms with Crippen molar-refractivity contribution >= 4 is 17.6 Å². The topological polar surface area (TPSA) is 57.6 Å². The molecule has 0 spiro atoms.